The Labute approximate surface area is 161 Å². The molecule has 4 rings (SSSR count). The lowest BCUT2D eigenvalue weighted by atomic mass is 9.82. The van der Waals surface area contributed by atoms with E-state index in [4.69, 9.17) is 4.42 Å². The zero-order chi connectivity index (χ0) is 19.1. The van der Waals surface area contributed by atoms with Gasteiger partial charge >= 0.3 is 0 Å². The Balaban J connectivity index is 1.56. The summed E-state index contributed by atoms with van der Waals surface area (Å²) in [4.78, 5) is 18.0. The van der Waals surface area contributed by atoms with Gasteiger partial charge < -0.3 is 14.6 Å². The molecule has 27 heavy (non-hydrogen) atoms. The normalized spacial score (nSPS) is 19.8. The first-order valence-corrected chi connectivity index (χ1v) is 9.79. The third kappa shape index (κ3) is 3.61. The number of piperidine rings is 1. The van der Waals surface area contributed by atoms with E-state index in [9.17, 15) is 4.79 Å². The molecule has 0 radical (unpaired) electrons. The van der Waals surface area contributed by atoms with Gasteiger partial charge in [0.05, 0.1) is 23.9 Å². The van der Waals surface area contributed by atoms with E-state index in [0.29, 0.717) is 0 Å². The number of rotatable bonds is 3. The average molecular weight is 367 g/mol. The van der Waals surface area contributed by atoms with Crippen molar-refractivity contribution in [2.75, 3.05) is 29.9 Å². The number of amides is 1. The van der Waals surface area contributed by atoms with Crippen LogP contribution in [-0.4, -0.2) is 36.0 Å². The minimum Gasteiger partial charge on any atom is -0.472 e. The van der Waals surface area contributed by atoms with Crippen molar-refractivity contribution in [3.8, 4) is 0 Å². The second-order valence-electron chi connectivity index (χ2n) is 9.08. The quantitative estimate of drug-likeness (QED) is 0.887. The minimum atomic E-state index is -0.494. The fourth-order valence-corrected chi connectivity index (χ4v) is 4.20. The van der Waals surface area contributed by atoms with Crippen LogP contribution in [0.3, 0.4) is 0 Å². The van der Waals surface area contributed by atoms with E-state index in [0.717, 1.165) is 50.4 Å². The van der Waals surface area contributed by atoms with Crippen LogP contribution in [0.4, 0.5) is 11.4 Å². The molecule has 5 nitrogen and oxygen atoms in total. The summed E-state index contributed by atoms with van der Waals surface area (Å²) in [6, 6.07) is 10.2. The number of anilines is 2. The zero-order valence-electron chi connectivity index (χ0n) is 16.5. The number of carbonyl (C=O) groups excluding carboxylic acids is 1. The van der Waals surface area contributed by atoms with E-state index in [2.05, 4.69) is 37.1 Å². The van der Waals surface area contributed by atoms with Gasteiger partial charge in [0.1, 0.15) is 5.54 Å². The maximum absolute atomic E-state index is 13.6. The highest BCUT2D eigenvalue weighted by Gasteiger charge is 2.48. The Morgan fingerprint density at radius 2 is 1.89 bits per heavy atom. The van der Waals surface area contributed by atoms with Gasteiger partial charge in [0.15, 0.2) is 0 Å². The predicted octanol–water partition coefficient (Wildman–Crippen LogP) is 4.12. The highest BCUT2D eigenvalue weighted by Crippen LogP contribution is 2.41. The first-order valence-electron chi connectivity index (χ1n) is 9.79. The van der Waals surface area contributed by atoms with Crippen LogP contribution in [-0.2, 0) is 11.3 Å². The van der Waals surface area contributed by atoms with Crippen LogP contribution >= 0.6 is 0 Å². The Morgan fingerprint density at radius 1 is 1.15 bits per heavy atom. The van der Waals surface area contributed by atoms with Gasteiger partial charge in [0, 0.05) is 31.7 Å². The summed E-state index contributed by atoms with van der Waals surface area (Å²) < 4.78 is 5.18. The summed E-state index contributed by atoms with van der Waals surface area (Å²) in [5.41, 5.74) is 2.82. The molecule has 2 aliphatic rings. The van der Waals surface area contributed by atoms with E-state index >= 15 is 0 Å². The lowest BCUT2D eigenvalue weighted by Gasteiger charge is -2.48. The molecule has 0 atom stereocenters. The van der Waals surface area contributed by atoms with Gasteiger partial charge in [0.2, 0.25) is 0 Å². The van der Waals surface area contributed by atoms with Crippen LogP contribution in [0.25, 0.3) is 0 Å². The molecule has 3 heterocycles. The molecule has 2 aliphatic heterocycles. The van der Waals surface area contributed by atoms with Crippen LogP contribution < -0.4 is 10.2 Å². The maximum atomic E-state index is 13.6. The molecular formula is C22H29N3O2. The number of nitrogens with zero attached hydrogens (tertiary/aromatic N) is 2. The number of likely N-dealkylation sites (tertiary alicyclic amines) is 1. The molecule has 0 unspecified atom stereocenters. The molecule has 0 bridgehead atoms. The number of furan rings is 1. The van der Waals surface area contributed by atoms with Crippen molar-refractivity contribution in [2.24, 2.45) is 5.41 Å². The third-order valence-corrected chi connectivity index (χ3v) is 5.55. The number of carbonyl (C=O) groups is 1. The summed E-state index contributed by atoms with van der Waals surface area (Å²) in [5.74, 6) is 0.221. The molecular weight excluding hydrogens is 338 g/mol. The van der Waals surface area contributed by atoms with Crippen molar-refractivity contribution in [3.05, 3.63) is 48.4 Å². The molecule has 1 saturated heterocycles. The van der Waals surface area contributed by atoms with Crippen LogP contribution in [0.2, 0.25) is 0 Å². The molecule has 5 heteroatoms. The molecule has 1 spiro atoms. The maximum Gasteiger partial charge on any atom is 0.252 e. The summed E-state index contributed by atoms with van der Waals surface area (Å²) in [6.45, 7) is 9.96. The zero-order valence-corrected chi connectivity index (χ0v) is 16.5. The standard InChI is InChI=1S/C22H29N3O2/c1-21(2,3)16-25-19-7-5-4-6-18(19)23-22(20(25)26)9-11-24(12-10-22)14-17-8-13-27-15-17/h4-8,13,15,23H,9-12,14,16H2,1-3H3. The first-order chi connectivity index (χ1) is 12.9. The first kappa shape index (κ1) is 18.1. The molecule has 2 aromatic rings. The van der Waals surface area contributed by atoms with Gasteiger partial charge in [-0.05, 0) is 36.5 Å². The summed E-state index contributed by atoms with van der Waals surface area (Å²) >= 11 is 0. The lowest BCUT2D eigenvalue weighted by molar-refractivity contribution is -0.125. The van der Waals surface area contributed by atoms with Crippen molar-refractivity contribution in [2.45, 2.75) is 45.7 Å². The SMILES string of the molecule is CC(C)(C)CN1C(=O)C2(CCN(Cc3ccoc3)CC2)Nc2ccccc21. The Hall–Kier alpha value is -2.27. The number of benzene rings is 1. The average Bonchev–Trinajstić information content (AvgIpc) is 3.13. The summed E-state index contributed by atoms with van der Waals surface area (Å²) in [5, 5.41) is 3.62. The van der Waals surface area contributed by atoms with Crippen LogP contribution in [0.1, 0.15) is 39.2 Å². The third-order valence-electron chi connectivity index (χ3n) is 5.55. The topological polar surface area (TPSA) is 48.7 Å². The Morgan fingerprint density at radius 3 is 2.56 bits per heavy atom. The molecule has 1 aromatic heterocycles. The van der Waals surface area contributed by atoms with Crippen LogP contribution in [0.15, 0.2) is 47.3 Å². The second-order valence-corrected chi connectivity index (χ2v) is 9.08. The Bertz CT molecular complexity index is 799. The largest absolute Gasteiger partial charge is 0.472 e. The number of fused-ring (bicyclic) bond motifs is 1. The van der Waals surface area contributed by atoms with Crippen molar-refractivity contribution in [1.29, 1.82) is 0 Å². The van der Waals surface area contributed by atoms with Gasteiger partial charge in [0.25, 0.3) is 5.91 Å². The van der Waals surface area contributed by atoms with E-state index in [1.165, 1.54) is 5.56 Å². The minimum absolute atomic E-state index is 0.0449. The summed E-state index contributed by atoms with van der Waals surface area (Å²) in [7, 11) is 0. The number of hydrogen-bond donors (Lipinski definition) is 1. The van der Waals surface area contributed by atoms with Crippen molar-refractivity contribution in [1.82, 2.24) is 4.90 Å². The fraction of sp³-hybridized carbons (Fsp3) is 0.500. The molecule has 1 aromatic carbocycles. The Kier molecular flexibility index (Phi) is 4.50. The second kappa shape index (κ2) is 6.71. The van der Waals surface area contributed by atoms with E-state index < -0.39 is 5.54 Å². The van der Waals surface area contributed by atoms with Gasteiger partial charge in [-0.25, -0.2) is 0 Å². The molecule has 144 valence electrons. The van der Waals surface area contributed by atoms with Gasteiger partial charge in [-0.1, -0.05) is 32.9 Å². The van der Waals surface area contributed by atoms with E-state index in [1.54, 1.807) is 12.5 Å². The number of nitrogens with one attached hydrogen (secondary N) is 1. The van der Waals surface area contributed by atoms with Crippen molar-refractivity contribution in [3.63, 3.8) is 0 Å². The highest BCUT2D eigenvalue weighted by molar-refractivity contribution is 6.08. The molecule has 1 fully saturated rings. The number of hydrogen-bond acceptors (Lipinski definition) is 4. The van der Waals surface area contributed by atoms with Gasteiger partial charge in [-0.15, -0.1) is 0 Å². The lowest BCUT2D eigenvalue weighted by Crippen LogP contribution is -2.62. The molecule has 0 aliphatic carbocycles. The fourth-order valence-electron chi connectivity index (χ4n) is 4.20. The van der Waals surface area contributed by atoms with Gasteiger partial charge in [-0.2, -0.15) is 0 Å². The molecule has 0 saturated carbocycles. The molecule has 1 N–H and O–H groups in total. The highest BCUT2D eigenvalue weighted by atomic mass is 16.3. The monoisotopic (exact) mass is 367 g/mol. The van der Waals surface area contributed by atoms with Crippen LogP contribution in [0, 0.1) is 5.41 Å². The molecule has 1 amide bonds. The number of para-hydroxylation sites is 2. The van der Waals surface area contributed by atoms with Gasteiger partial charge in [-0.3, -0.25) is 9.69 Å². The predicted molar refractivity (Wildman–Crippen MR) is 108 cm³/mol. The van der Waals surface area contributed by atoms with Crippen LogP contribution in [0.5, 0.6) is 0 Å². The van der Waals surface area contributed by atoms with E-state index in [-0.39, 0.29) is 11.3 Å². The van der Waals surface area contributed by atoms with Crippen molar-refractivity contribution < 1.29 is 9.21 Å². The smallest absolute Gasteiger partial charge is 0.252 e. The van der Waals surface area contributed by atoms with Crippen molar-refractivity contribution >= 4 is 17.3 Å². The van der Waals surface area contributed by atoms with E-state index in [1.807, 2.05) is 29.2 Å². The summed E-state index contributed by atoms with van der Waals surface area (Å²) in [6.07, 6.45) is 5.15.